The molecule has 0 aromatic carbocycles. The lowest BCUT2D eigenvalue weighted by Crippen LogP contribution is -2.43. The van der Waals surface area contributed by atoms with Gasteiger partial charge in [-0.3, -0.25) is 14.4 Å². The summed E-state index contributed by atoms with van der Waals surface area (Å²) in [6.07, 6.45) is 2.17. The Morgan fingerprint density at radius 2 is 2.12 bits per heavy atom. The Balaban J connectivity index is 1.86. The van der Waals surface area contributed by atoms with Crippen LogP contribution in [-0.2, 0) is 32.6 Å². The number of rotatable bonds is 8. The highest BCUT2D eigenvalue weighted by Crippen LogP contribution is 2.21. The molecule has 2 amide bonds. The van der Waals surface area contributed by atoms with Gasteiger partial charge >= 0.3 is 5.97 Å². The molecular weight excluding hydrogens is 358 g/mol. The first-order valence-corrected chi connectivity index (χ1v) is 9.64. The van der Waals surface area contributed by atoms with Crippen molar-refractivity contribution < 1.29 is 19.1 Å². The SMILES string of the molecule is CCOC(=O)[C@H]1CCCN(C(=O)CSc2nnc(CCC(N)=O)n2C)C1. The summed E-state index contributed by atoms with van der Waals surface area (Å²) in [6, 6.07) is 0. The second-order valence-corrected chi connectivity index (χ2v) is 7.09. The van der Waals surface area contributed by atoms with Crippen LogP contribution in [0.5, 0.6) is 0 Å². The summed E-state index contributed by atoms with van der Waals surface area (Å²) < 4.78 is 6.82. The van der Waals surface area contributed by atoms with Crippen LogP contribution in [0.3, 0.4) is 0 Å². The first-order valence-electron chi connectivity index (χ1n) is 8.66. The number of amides is 2. The number of hydrogen-bond acceptors (Lipinski definition) is 7. The summed E-state index contributed by atoms with van der Waals surface area (Å²) in [7, 11) is 1.79. The van der Waals surface area contributed by atoms with Gasteiger partial charge in [-0.05, 0) is 19.8 Å². The molecule has 10 heteroatoms. The van der Waals surface area contributed by atoms with Crippen molar-refractivity contribution in [3.63, 3.8) is 0 Å². The van der Waals surface area contributed by atoms with E-state index in [0.29, 0.717) is 37.1 Å². The van der Waals surface area contributed by atoms with Crippen LogP contribution in [0.4, 0.5) is 0 Å². The zero-order chi connectivity index (χ0) is 19.1. The largest absolute Gasteiger partial charge is 0.466 e. The maximum absolute atomic E-state index is 12.5. The molecule has 0 saturated carbocycles. The summed E-state index contributed by atoms with van der Waals surface area (Å²) in [4.78, 5) is 36.9. The van der Waals surface area contributed by atoms with Crippen LogP contribution in [0.25, 0.3) is 0 Å². The van der Waals surface area contributed by atoms with Gasteiger partial charge in [0.25, 0.3) is 0 Å². The number of ether oxygens (including phenoxy) is 1. The molecule has 0 radical (unpaired) electrons. The Morgan fingerprint density at radius 3 is 2.81 bits per heavy atom. The quantitative estimate of drug-likeness (QED) is 0.500. The van der Waals surface area contributed by atoms with Crippen molar-refractivity contribution >= 4 is 29.5 Å². The number of thioether (sulfide) groups is 1. The molecule has 1 saturated heterocycles. The second kappa shape index (κ2) is 9.56. The van der Waals surface area contributed by atoms with Gasteiger partial charge in [0.1, 0.15) is 5.82 Å². The molecule has 144 valence electrons. The topological polar surface area (TPSA) is 120 Å². The highest BCUT2D eigenvalue weighted by molar-refractivity contribution is 7.99. The number of likely N-dealkylation sites (tertiary alicyclic amines) is 1. The monoisotopic (exact) mass is 383 g/mol. The maximum Gasteiger partial charge on any atom is 0.310 e. The fraction of sp³-hybridized carbons (Fsp3) is 0.688. The smallest absolute Gasteiger partial charge is 0.310 e. The molecule has 0 aliphatic carbocycles. The average molecular weight is 383 g/mol. The predicted octanol–water partition coefficient (Wildman–Crippen LogP) is 0.127. The van der Waals surface area contributed by atoms with Crippen LogP contribution >= 0.6 is 11.8 Å². The number of esters is 1. The van der Waals surface area contributed by atoms with Crippen LogP contribution in [0.2, 0.25) is 0 Å². The van der Waals surface area contributed by atoms with Crippen molar-refractivity contribution in [1.82, 2.24) is 19.7 Å². The Hall–Kier alpha value is -2.10. The molecule has 1 aromatic heterocycles. The van der Waals surface area contributed by atoms with E-state index < -0.39 is 5.91 Å². The van der Waals surface area contributed by atoms with Crippen molar-refractivity contribution in [2.24, 2.45) is 18.7 Å². The molecule has 0 spiro atoms. The molecule has 26 heavy (non-hydrogen) atoms. The molecule has 1 atom stereocenters. The second-order valence-electron chi connectivity index (χ2n) is 6.14. The first kappa shape index (κ1) is 20.2. The first-order chi connectivity index (χ1) is 12.4. The average Bonchev–Trinajstić information content (AvgIpc) is 2.98. The van der Waals surface area contributed by atoms with Crippen molar-refractivity contribution in [2.75, 3.05) is 25.4 Å². The van der Waals surface area contributed by atoms with Crippen LogP contribution in [0.15, 0.2) is 5.16 Å². The number of aryl methyl sites for hydroxylation is 1. The summed E-state index contributed by atoms with van der Waals surface area (Å²) in [5, 5.41) is 8.70. The third-order valence-electron chi connectivity index (χ3n) is 4.24. The molecule has 2 rings (SSSR count). The molecule has 1 aliphatic rings. The van der Waals surface area contributed by atoms with Crippen molar-refractivity contribution in [2.45, 2.75) is 37.8 Å². The number of primary amides is 1. The van der Waals surface area contributed by atoms with E-state index in [1.54, 1.807) is 23.4 Å². The van der Waals surface area contributed by atoms with Crippen LogP contribution in [0, 0.1) is 5.92 Å². The minimum absolute atomic E-state index is 0.0364. The van der Waals surface area contributed by atoms with Gasteiger partial charge in [-0.25, -0.2) is 0 Å². The lowest BCUT2D eigenvalue weighted by atomic mass is 9.98. The Morgan fingerprint density at radius 1 is 1.35 bits per heavy atom. The molecule has 0 bridgehead atoms. The standard InChI is InChI=1S/C16H25N5O4S/c1-3-25-15(24)11-5-4-8-21(9-11)14(23)10-26-16-19-18-13(20(16)2)7-6-12(17)22/h11H,3-10H2,1-2H3,(H2,17,22)/t11-/m0/s1. The number of aromatic nitrogens is 3. The minimum atomic E-state index is -0.390. The number of carbonyl (C=O) groups excluding carboxylic acids is 3. The Bertz CT molecular complexity index is 663. The Labute approximate surface area is 156 Å². The van der Waals surface area contributed by atoms with Crippen LogP contribution in [0.1, 0.15) is 32.0 Å². The zero-order valence-corrected chi connectivity index (χ0v) is 16.0. The van der Waals surface area contributed by atoms with Crippen LogP contribution < -0.4 is 5.73 Å². The Kier molecular flexibility index (Phi) is 7.43. The molecule has 2 N–H and O–H groups in total. The van der Waals surface area contributed by atoms with Gasteiger partial charge in [0, 0.05) is 33.0 Å². The van der Waals surface area contributed by atoms with E-state index in [9.17, 15) is 14.4 Å². The van der Waals surface area contributed by atoms with Gasteiger partial charge in [0.15, 0.2) is 5.16 Å². The molecule has 1 aromatic rings. The number of carbonyl (C=O) groups is 3. The molecule has 9 nitrogen and oxygen atoms in total. The van der Waals surface area contributed by atoms with Crippen molar-refractivity contribution in [3.8, 4) is 0 Å². The zero-order valence-electron chi connectivity index (χ0n) is 15.1. The fourth-order valence-electron chi connectivity index (χ4n) is 2.80. The van der Waals surface area contributed by atoms with E-state index in [-0.39, 0.29) is 30.0 Å². The number of nitrogens with two attached hydrogens (primary N) is 1. The van der Waals surface area contributed by atoms with Gasteiger partial charge < -0.3 is 19.9 Å². The molecule has 1 aliphatic heterocycles. The van der Waals surface area contributed by atoms with Gasteiger partial charge in [-0.15, -0.1) is 10.2 Å². The lowest BCUT2D eigenvalue weighted by molar-refractivity contribution is -0.151. The third kappa shape index (κ3) is 5.45. The fourth-order valence-corrected chi connectivity index (χ4v) is 3.63. The predicted molar refractivity (Wildman–Crippen MR) is 95.2 cm³/mol. The van der Waals surface area contributed by atoms with Crippen molar-refractivity contribution in [3.05, 3.63) is 5.82 Å². The lowest BCUT2D eigenvalue weighted by Gasteiger charge is -2.31. The van der Waals surface area contributed by atoms with E-state index in [2.05, 4.69) is 10.2 Å². The molecular formula is C16H25N5O4S. The van der Waals surface area contributed by atoms with Crippen molar-refractivity contribution in [1.29, 1.82) is 0 Å². The van der Waals surface area contributed by atoms with E-state index in [1.165, 1.54) is 11.8 Å². The molecule has 2 heterocycles. The normalized spacial score (nSPS) is 17.2. The highest BCUT2D eigenvalue weighted by Gasteiger charge is 2.29. The van der Waals surface area contributed by atoms with E-state index >= 15 is 0 Å². The highest BCUT2D eigenvalue weighted by atomic mass is 32.2. The van der Waals surface area contributed by atoms with Gasteiger partial charge in [-0.2, -0.15) is 0 Å². The molecule has 1 fully saturated rings. The summed E-state index contributed by atoms with van der Waals surface area (Å²) in [5.41, 5.74) is 5.14. The number of piperidine rings is 1. The summed E-state index contributed by atoms with van der Waals surface area (Å²) in [5.74, 6) is -0.0292. The maximum atomic E-state index is 12.5. The third-order valence-corrected chi connectivity index (χ3v) is 5.24. The van der Waals surface area contributed by atoms with Gasteiger partial charge in [0.2, 0.25) is 11.8 Å². The number of nitrogens with zero attached hydrogens (tertiary/aromatic N) is 4. The summed E-state index contributed by atoms with van der Waals surface area (Å²) in [6.45, 7) is 3.18. The molecule has 0 unspecified atom stereocenters. The van der Waals surface area contributed by atoms with E-state index in [1.807, 2.05) is 0 Å². The van der Waals surface area contributed by atoms with Gasteiger partial charge in [0.05, 0.1) is 18.3 Å². The van der Waals surface area contributed by atoms with Gasteiger partial charge in [-0.1, -0.05) is 11.8 Å². The van der Waals surface area contributed by atoms with E-state index in [0.717, 1.165) is 12.8 Å². The summed E-state index contributed by atoms with van der Waals surface area (Å²) >= 11 is 1.29. The van der Waals surface area contributed by atoms with E-state index in [4.69, 9.17) is 10.5 Å². The van der Waals surface area contributed by atoms with Crippen LogP contribution in [-0.4, -0.2) is 62.9 Å². The number of hydrogen-bond donors (Lipinski definition) is 1. The minimum Gasteiger partial charge on any atom is -0.466 e.